The van der Waals surface area contributed by atoms with Crippen LogP contribution in [0.25, 0.3) is 11.1 Å². The third-order valence-electron chi connectivity index (χ3n) is 5.26. The normalized spacial score (nSPS) is 19.6. The molecule has 0 radical (unpaired) electrons. The third kappa shape index (κ3) is 4.17. The molecule has 0 saturated carbocycles. The molecule has 1 aliphatic heterocycles. The van der Waals surface area contributed by atoms with E-state index in [0.29, 0.717) is 35.6 Å². The highest BCUT2D eigenvalue weighted by molar-refractivity contribution is 5.66. The van der Waals surface area contributed by atoms with Gasteiger partial charge in [0.25, 0.3) is 0 Å². The van der Waals surface area contributed by atoms with Gasteiger partial charge >= 0.3 is 6.18 Å². The van der Waals surface area contributed by atoms with E-state index in [9.17, 15) is 18.3 Å². The third-order valence-corrected chi connectivity index (χ3v) is 5.26. The number of aliphatic hydroxyl groups is 1. The van der Waals surface area contributed by atoms with Gasteiger partial charge in [-0.2, -0.15) is 13.2 Å². The van der Waals surface area contributed by atoms with Crippen LogP contribution in [0.5, 0.6) is 5.75 Å². The van der Waals surface area contributed by atoms with E-state index in [-0.39, 0.29) is 6.04 Å². The van der Waals surface area contributed by atoms with Gasteiger partial charge in [-0.05, 0) is 54.4 Å². The summed E-state index contributed by atoms with van der Waals surface area (Å²) in [7, 11) is 0. The maximum absolute atomic E-state index is 12.8. The van der Waals surface area contributed by atoms with Crippen molar-refractivity contribution in [2.24, 2.45) is 0 Å². The van der Waals surface area contributed by atoms with Gasteiger partial charge in [-0.3, -0.25) is 9.88 Å². The van der Waals surface area contributed by atoms with Gasteiger partial charge in [0.05, 0.1) is 11.3 Å². The van der Waals surface area contributed by atoms with Gasteiger partial charge < -0.3 is 9.84 Å². The van der Waals surface area contributed by atoms with Gasteiger partial charge in [-0.1, -0.05) is 24.3 Å². The van der Waals surface area contributed by atoms with Gasteiger partial charge in [0, 0.05) is 24.3 Å². The summed E-state index contributed by atoms with van der Waals surface area (Å²) in [5.41, 5.74) is 2.04. The molecular weight excluding hydrogens is 393 g/mol. The minimum absolute atomic E-state index is 0.0658. The molecule has 0 aliphatic carbocycles. The minimum Gasteiger partial charge on any atom is -0.492 e. The lowest BCUT2D eigenvalue weighted by molar-refractivity contribution is -0.137. The lowest BCUT2D eigenvalue weighted by Gasteiger charge is -2.30. The summed E-state index contributed by atoms with van der Waals surface area (Å²) >= 11 is 0. The van der Waals surface area contributed by atoms with Gasteiger partial charge in [0.1, 0.15) is 18.6 Å². The highest BCUT2D eigenvalue weighted by Crippen LogP contribution is 2.37. The van der Waals surface area contributed by atoms with E-state index in [1.165, 1.54) is 12.1 Å². The molecule has 0 fully saturated rings. The van der Waals surface area contributed by atoms with Crippen molar-refractivity contribution in [2.75, 3.05) is 6.61 Å². The first-order chi connectivity index (χ1) is 14.3. The number of hydrogen-bond acceptors (Lipinski definition) is 4. The minimum atomic E-state index is -4.38. The van der Waals surface area contributed by atoms with Crippen LogP contribution in [-0.2, 0) is 12.7 Å². The summed E-state index contributed by atoms with van der Waals surface area (Å²) in [5.74, 6) is 0.563. The summed E-state index contributed by atoms with van der Waals surface area (Å²) < 4.78 is 44.4. The van der Waals surface area contributed by atoms with E-state index < -0.39 is 18.0 Å². The summed E-state index contributed by atoms with van der Waals surface area (Å²) in [6.07, 6.45) is -3.61. The van der Waals surface area contributed by atoms with E-state index in [1.807, 2.05) is 30.0 Å². The summed E-state index contributed by atoms with van der Waals surface area (Å²) in [4.78, 5) is 6.23. The lowest BCUT2D eigenvalue weighted by atomic mass is 10.00. The molecular formula is C23H21F3N2O2. The predicted octanol–water partition coefficient (Wildman–Crippen LogP) is 5.04. The predicted molar refractivity (Wildman–Crippen MR) is 107 cm³/mol. The molecule has 4 rings (SSSR count). The average Bonchev–Trinajstić information content (AvgIpc) is 2.86. The fraction of sp³-hybridized carbons (Fsp3) is 0.261. The molecule has 1 N–H and O–H groups in total. The number of rotatable bonds is 3. The van der Waals surface area contributed by atoms with Gasteiger partial charge in [0.15, 0.2) is 0 Å². The Kier molecular flexibility index (Phi) is 5.49. The largest absolute Gasteiger partial charge is 0.492 e. The maximum atomic E-state index is 12.8. The van der Waals surface area contributed by atoms with Gasteiger partial charge in [-0.15, -0.1) is 0 Å². The fourth-order valence-electron chi connectivity index (χ4n) is 3.56. The van der Waals surface area contributed by atoms with Crippen molar-refractivity contribution in [3.05, 3.63) is 83.7 Å². The van der Waals surface area contributed by atoms with Crippen molar-refractivity contribution >= 4 is 0 Å². The van der Waals surface area contributed by atoms with Crippen molar-refractivity contribution in [3.63, 3.8) is 0 Å². The number of fused-ring (bicyclic) bond motifs is 1. The summed E-state index contributed by atoms with van der Waals surface area (Å²) in [5, 5.41) is 11.1. The first-order valence-corrected chi connectivity index (χ1v) is 9.61. The number of alkyl halides is 3. The molecule has 0 bridgehead atoms. The number of pyridine rings is 1. The Balaban J connectivity index is 1.65. The van der Waals surface area contributed by atoms with Gasteiger partial charge in [0.2, 0.25) is 0 Å². The van der Waals surface area contributed by atoms with Crippen LogP contribution in [0.4, 0.5) is 13.2 Å². The standard InChI is InChI=1S/C23H21F3N2O2/c1-15-14-30-21-10-7-17(16-5-8-18(9-6-16)23(24,25)26)12-20(21)22(29)28(15)13-19-4-2-3-11-27-19/h2-12,15,22,29H,13-14H2,1H3/t15-,22?/m0/s1. The molecule has 1 unspecified atom stereocenters. The topological polar surface area (TPSA) is 45.6 Å². The number of nitrogens with zero attached hydrogens (tertiary/aromatic N) is 2. The van der Waals surface area contributed by atoms with Crippen LogP contribution < -0.4 is 4.74 Å². The Morgan fingerprint density at radius 3 is 2.47 bits per heavy atom. The van der Waals surface area contributed by atoms with Crippen LogP contribution >= 0.6 is 0 Å². The zero-order chi connectivity index (χ0) is 21.3. The van der Waals surface area contributed by atoms with E-state index in [4.69, 9.17) is 4.74 Å². The van der Waals surface area contributed by atoms with Crippen LogP contribution in [-0.4, -0.2) is 27.6 Å². The quantitative estimate of drug-likeness (QED) is 0.652. The molecule has 1 aliphatic rings. The lowest BCUT2D eigenvalue weighted by Crippen LogP contribution is -2.37. The van der Waals surface area contributed by atoms with Gasteiger partial charge in [-0.25, -0.2) is 0 Å². The van der Waals surface area contributed by atoms with Crippen molar-refractivity contribution < 1.29 is 23.0 Å². The smallest absolute Gasteiger partial charge is 0.416 e. The van der Waals surface area contributed by atoms with Crippen LogP contribution in [0, 0.1) is 0 Å². The molecule has 0 saturated heterocycles. The van der Waals surface area contributed by atoms with Crippen molar-refractivity contribution in [1.82, 2.24) is 9.88 Å². The molecule has 3 aromatic rings. The second kappa shape index (κ2) is 8.08. The van der Waals surface area contributed by atoms with E-state index in [0.717, 1.165) is 17.8 Å². The Labute approximate surface area is 172 Å². The first kappa shape index (κ1) is 20.4. The highest BCUT2D eigenvalue weighted by Gasteiger charge is 2.31. The van der Waals surface area contributed by atoms with Crippen LogP contribution in [0.2, 0.25) is 0 Å². The number of ether oxygens (including phenoxy) is 1. The van der Waals surface area contributed by atoms with Crippen molar-refractivity contribution in [1.29, 1.82) is 0 Å². The Morgan fingerprint density at radius 2 is 1.80 bits per heavy atom. The molecule has 2 heterocycles. The number of halogens is 3. The summed E-state index contributed by atoms with van der Waals surface area (Å²) in [6, 6.07) is 15.8. The molecule has 7 heteroatoms. The Bertz CT molecular complexity index is 1010. The van der Waals surface area contributed by atoms with E-state index in [2.05, 4.69) is 4.98 Å². The first-order valence-electron chi connectivity index (χ1n) is 9.61. The van der Waals surface area contributed by atoms with E-state index >= 15 is 0 Å². The van der Waals surface area contributed by atoms with Crippen LogP contribution in [0.15, 0.2) is 66.9 Å². The summed E-state index contributed by atoms with van der Waals surface area (Å²) in [6.45, 7) is 2.81. The number of aliphatic hydroxyl groups excluding tert-OH is 1. The molecule has 0 amide bonds. The average molecular weight is 414 g/mol. The molecule has 30 heavy (non-hydrogen) atoms. The molecule has 1 aromatic heterocycles. The molecule has 4 nitrogen and oxygen atoms in total. The molecule has 156 valence electrons. The fourth-order valence-corrected chi connectivity index (χ4v) is 3.56. The number of benzene rings is 2. The Morgan fingerprint density at radius 1 is 1.07 bits per heavy atom. The van der Waals surface area contributed by atoms with E-state index in [1.54, 1.807) is 24.4 Å². The van der Waals surface area contributed by atoms with Crippen LogP contribution in [0.1, 0.15) is 30.0 Å². The zero-order valence-electron chi connectivity index (χ0n) is 16.3. The Hall–Kier alpha value is -2.90. The second-order valence-electron chi connectivity index (χ2n) is 7.35. The van der Waals surface area contributed by atoms with Crippen molar-refractivity contribution in [2.45, 2.75) is 31.9 Å². The van der Waals surface area contributed by atoms with Crippen molar-refractivity contribution in [3.8, 4) is 16.9 Å². The molecule has 2 aromatic carbocycles. The highest BCUT2D eigenvalue weighted by atomic mass is 19.4. The maximum Gasteiger partial charge on any atom is 0.416 e. The number of hydrogen-bond donors (Lipinski definition) is 1. The molecule has 0 spiro atoms. The monoisotopic (exact) mass is 414 g/mol. The molecule has 2 atom stereocenters. The number of aromatic nitrogens is 1. The SMILES string of the molecule is C[C@H]1COc2ccc(-c3ccc(C(F)(F)F)cc3)cc2C(O)N1Cc1ccccn1. The zero-order valence-corrected chi connectivity index (χ0v) is 16.3. The van der Waals surface area contributed by atoms with Crippen LogP contribution in [0.3, 0.4) is 0 Å². The second-order valence-corrected chi connectivity index (χ2v) is 7.35.